The van der Waals surface area contributed by atoms with Crippen LogP contribution in [0.1, 0.15) is 13.3 Å². The van der Waals surface area contributed by atoms with Crippen molar-refractivity contribution in [1.29, 1.82) is 0 Å². The molecule has 1 rings (SSSR count). The zero-order valence-electron chi connectivity index (χ0n) is 8.46. The van der Waals surface area contributed by atoms with Gasteiger partial charge in [-0.3, -0.25) is 4.98 Å². The fourth-order valence-corrected chi connectivity index (χ4v) is 2.76. The lowest BCUT2D eigenvalue weighted by Gasteiger charge is -2.12. The fraction of sp³-hybridized carbons (Fsp3) is 0.364. The zero-order chi connectivity index (χ0) is 9.73. The Balaban J connectivity index is 2.94. The van der Waals surface area contributed by atoms with Crippen LogP contribution in [0.3, 0.4) is 0 Å². The van der Waals surface area contributed by atoms with Gasteiger partial charge in [0.2, 0.25) is 0 Å². The Hall–Kier alpha value is -1.07. The second-order valence-corrected chi connectivity index (χ2v) is 7.51. The maximum atomic E-state index is 4.36. The first kappa shape index (κ1) is 10.0. The van der Waals surface area contributed by atoms with E-state index in [0.29, 0.717) is 0 Å². The van der Waals surface area contributed by atoms with Gasteiger partial charge in [-0.1, -0.05) is 26.1 Å². The summed E-state index contributed by atoms with van der Waals surface area (Å²) in [4.78, 5) is 4.36. The van der Waals surface area contributed by atoms with Gasteiger partial charge >= 0.3 is 0 Å². The van der Waals surface area contributed by atoms with Crippen LogP contribution in [-0.2, 0) is 0 Å². The summed E-state index contributed by atoms with van der Waals surface area (Å²) in [6.45, 7) is 6.55. The smallest absolute Gasteiger partial charge is 0.184 e. The molecule has 0 aliphatic rings. The van der Waals surface area contributed by atoms with E-state index in [1.54, 1.807) is 0 Å². The van der Waals surface area contributed by atoms with Gasteiger partial charge in [-0.15, -0.1) is 11.5 Å². The second kappa shape index (κ2) is 4.24. The molecule has 0 bridgehead atoms. The summed E-state index contributed by atoms with van der Waals surface area (Å²) < 4.78 is 0. The molecule has 0 fully saturated rings. The average Bonchev–Trinajstić information content (AvgIpc) is 2.16. The summed E-state index contributed by atoms with van der Waals surface area (Å²) in [6.07, 6.45) is 2.78. The molecule has 0 aliphatic carbocycles. The van der Waals surface area contributed by atoms with Gasteiger partial charge in [0.1, 0.15) is 0 Å². The predicted molar refractivity (Wildman–Crippen MR) is 59.4 cm³/mol. The Bertz CT molecular complexity index is 319. The summed E-state index contributed by atoms with van der Waals surface area (Å²) >= 11 is 0. The molecular weight excluding hydrogens is 174 g/mol. The minimum absolute atomic E-state index is 0.934. The fourth-order valence-electron chi connectivity index (χ4n) is 1.11. The number of hydrogen-bond donors (Lipinski definition) is 0. The van der Waals surface area contributed by atoms with E-state index in [1.165, 1.54) is 5.32 Å². The molecule has 0 aliphatic heterocycles. The summed E-state index contributed by atoms with van der Waals surface area (Å²) in [6, 6.07) is 6.06. The largest absolute Gasteiger partial charge is 0.265 e. The number of pyridine rings is 1. The summed E-state index contributed by atoms with van der Waals surface area (Å²) in [7, 11) is -1.57. The third-order valence-corrected chi connectivity index (χ3v) is 4.26. The number of nitrogens with zero attached hydrogens (tertiary/aromatic N) is 1. The average molecular weight is 189 g/mol. The van der Waals surface area contributed by atoms with E-state index in [-0.39, 0.29) is 0 Å². The normalized spacial score (nSPS) is 10.4. The molecule has 1 aromatic heterocycles. The van der Waals surface area contributed by atoms with Crippen LogP contribution in [0.5, 0.6) is 0 Å². The highest BCUT2D eigenvalue weighted by Crippen LogP contribution is 1.98. The first-order valence-electron chi connectivity index (χ1n) is 4.58. The van der Waals surface area contributed by atoms with Crippen molar-refractivity contribution in [3.05, 3.63) is 24.4 Å². The molecule has 13 heavy (non-hydrogen) atoms. The maximum Gasteiger partial charge on any atom is 0.184 e. The van der Waals surface area contributed by atoms with Gasteiger partial charge in [-0.05, 0) is 12.1 Å². The zero-order valence-corrected chi connectivity index (χ0v) is 9.46. The maximum absolute atomic E-state index is 4.36. The Morgan fingerprint density at radius 2 is 2.15 bits per heavy atom. The van der Waals surface area contributed by atoms with E-state index in [4.69, 9.17) is 0 Å². The molecule has 0 radical (unpaired) electrons. The van der Waals surface area contributed by atoms with E-state index >= 15 is 0 Å². The van der Waals surface area contributed by atoms with Crippen molar-refractivity contribution in [2.75, 3.05) is 0 Å². The molecule has 0 saturated heterocycles. The number of aromatic nitrogens is 1. The van der Waals surface area contributed by atoms with Crippen LogP contribution in [-0.4, -0.2) is 13.1 Å². The molecule has 68 valence electrons. The van der Waals surface area contributed by atoms with E-state index < -0.39 is 8.07 Å². The molecule has 0 amide bonds. The van der Waals surface area contributed by atoms with Gasteiger partial charge < -0.3 is 0 Å². The summed E-state index contributed by atoms with van der Waals surface area (Å²) in [5, 5.41) is 1.18. The number of rotatable bonds is 1. The highest BCUT2D eigenvalue weighted by molar-refractivity contribution is 6.95. The molecule has 0 aromatic carbocycles. The van der Waals surface area contributed by atoms with Gasteiger partial charge in [0.15, 0.2) is 8.07 Å². The molecule has 0 N–H and O–H groups in total. The molecule has 0 unspecified atom stereocenters. The van der Waals surface area contributed by atoms with Crippen LogP contribution in [0.25, 0.3) is 0 Å². The Morgan fingerprint density at radius 3 is 2.69 bits per heavy atom. The monoisotopic (exact) mass is 189 g/mol. The van der Waals surface area contributed by atoms with Crippen molar-refractivity contribution in [1.82, 2.24) is 4.98 Å². The Kier molecular flexibility index (Phi) is 3.27. The Morgan fingerprint density at radius 1 is 1.38 bits per heavy atom. The third kappa shape index (κ3) is 2.71. The van der Waals surface area contributed by atoms with Crippen molar-refractivity contribution in [3.63, 3.8) is 0 Å². The second-order valence-electron chi connectivity index (χ2n) is 3.50. The molecular formula is C11H15NSi. The van der Waals surface area contributed by atoms with Crippen molar-refractivity contribution < 1.29 is 0 Å². The van der Waals surface area contributed by atoms with Gasteiger partial charge in [0.25, 0.3) is 0 Å². The lowest BCUT2D eigenvalue weighted by molar-refractivity contribution is 1.28. The van der Waals surface area contributed by atoms with Crippen LogP contribution in [0.2, 0.25) is 13.1 Å². The minimum atomic E-state index is -1.57. The third-order valence-electron chi connectivity index (χ3n) is 1.88. The standard InChI is InChI=1S/C11H15NSi/c1-4-5-10-13(2,3)11-8-6-7-9-12-11/h6-9H,4H2,1-3H3. The molecule has 1 aromatic rings. The van der Waals surface area contributed by atoms with Gasteiger partial charge in [0.05, 0.1) is 0 Å². The van der Waals surface area contributed by atoms with E-state index in [0.717, 1.165) is 6.42 Å². The quantitative estimate of drug-likeness (QED) is 0.486. The predicted octanol–water partition coefficient (Wildman–Crippen LogP) is 1.95. The van der Waals surface area contributed by atoms with Gasteiger partial charge in [-0.2, -0.15) is 0 Å². The first-order valence-corrected chi connectivity index (χ1v) is 7.58. The van der Waals surface area contributed by atoms with Crippen LogP contribution < -0.4 is 5.32 Å². The molecule has 2 heteroatoms. The van der Waals surface area contributed by atoms with Gasteiger partial charge in [0, 0.05) is 17.9 Å². The SMILES string of the molecule is CCC#C[Si](C)(C)c1ccccn1. The highest BCUT2D eigenvalue weighted by Gasteiger charge is 2.21. The molecule has 0 atom stereocenters. The topological polar surface area (TPSA) is 12.9 Å². The van der Waals surface area contributed by atoms with Crippen molar-refractivity contribution >= 4 is 13.4 Å². The van der Waals surface area contributed by atoms with E-state index in [9.17, 15) is 0 Å². The lowest BCUT2D eigenvalue weighted by atomic mass is 10.5. The van der Waals surface area contributed by atoms with Crippen molar-refractivity contribution in [2.45, 2.75) is 26.4 Å². The van der Waals surface area contributed by atoms with Crippen LogP contribution in [0.4, 0.5) is 0 Å². The van der Waals surface area contributed by atoms with Crippen LogP contribution >= 0.6 is 0 Å². The van der Waals surface area contributed by atoms with Crippen LogP contribution in [0.15, 0.2) is 24.4 Å². The van der Waals surface area contributed by atoms with E-state index in [1.807, 2.05) is 18.3 Å². The van der Waals surface area contributed by atoms with Gasteiger partial charge in [-0.25, -0.2) is 0 Å². The summed E-state index contributed by atoms with van der Waals surface area (Å²) in [5.74, 6) is 3.16. The Labute approximate surface area is 81.2 Å². The summed E-state index contributed by atoms with van der Waals surface area (Å²) in [5.41, 5.74) is 3.35. The molecule has 1 nitrogen and oxygen atoms in total. The highest BCUT2D eigenvalue weighted by atomic mass is 28.3. The molecule has 0 spiro atoms. The lowest BCUT2D eigenvalue weighted by Crippen LogP contribution is -2.42. The molecule has 0 saturated carbocycles. The van der Waals surface area contributed by atoms with Crippen LogP contribution in [0, 0.1) is 11.5 Å². The minimum Gasteiger partial charge on any atom is -0.265 e. The van der Waals surface area contributed by atoms with Crippen molar-refractivity contribution in [2.24, 2.45) is 0 Å². The number of hydrogen-bond acceptors (Lipinski definition) is 1. The first-order chi connectivity index (χ1) is 6.17. The van der Waals surface area contributed by atoms with Crippen molar-refractivity contribution in [3.8, 4) is 11.5 Å². The van der Waals surface area contributed by atoms with E-state index in [2.05, 4.69) is 42.5 Å². The molecule has 1 heterocycles.